The van der Waals surface area contributed by atoms with Crippen molar-refractivity contribution in [3.05, 3.63) is 27.8 Å². The maximum Gasteiger partial charge on any atom is 0.414 e. The lowest BCUT2D eigenvalue weighted by molar-refractivity contribution is -0.385. The van der Waals surface area contributed by atoms with Gasteiger partial charge in [-0.15, -0.1) is 0 Å². The first-order valence-corrected chi connectivity index (χ1v) is 27.0. The van der Waals surface area contributed by atoms with Gasteiger partial charge in [-0.05, 0) is 64.4 Å². The molecule has 0 heterocycles. The quantitative estimate of drug-likeness (QED) is 0.00957. The first-order chi connectivity index (χ1) is 40.9. The number of carbonyl (C=O) groups excluding carboxylic acids is 11. The van der Waals surface area contributed by atoms with Crippen LogP contribution in [0.25, 0.3) is 0 Å². The second-order valence-corrected chi connectivity index (χ2v) is 19.3. The number of nitro benzene ring substituents is 1. The second kappa shape index (κ2) is 38.9. The van der Waals surface area contributed by atoms with Gasteiger partial charge in [0.25, 0.3) is 5.69 Å². The van der Waals surface area contributed by atoms with E-state index in [1.165, 1.54) is 27.2 Å². The number of benzene rings is 1. The number of primary amides is 2. The van der Waals surface area contributed by atoms with E-state index in [0.29, 0.717) is 6.42 Å². The van der Waals surface area contributed by atoms with Crippen molar-refractivity contribution in [2.75, 3.05) is 46.9 Å². The highest BCUT2D eigenvalue weighted by atomic mass is 16.6. The molecule has 0 spiro atoms. The number of nitro groups is 1. The number of alkyl carbamates (subject to hydrolysis) is 1. The minimum absolute atomic E-state index is 0.0197. The number of aliphatic imine (C=N–C) groups is 3. The van der Waals surface area contributed by atoms with Crippen LogP contribution in [0.5, 0.6) is 11.5 Å². The van der Waals surface area contributed by atoms with Crippen LogP contribution in [-0.4, -0.2) is 188 Å². The monoisotopic (exact) mass is 1240 g/mol. The zero-order valence-corrected chi connectivity index (χ0v) is 49.1. The molecule has 0 aliphatic rings. The van der Waals surface area contributed by atoms with Crippen LogP contribution in [0.15, 0.2) is 27.1 Å². The van der Waals surface area contributed by atoms with Gasteiger partial charge in [-0.2, -0.15) is 0 Å². The van der Waals surface area contributed by atoms with Gasteiger partial charge in [-0.3, -0.25) is 78.4 Å². The van der Waals surface area contributed by atoms with Gasteiger partial charge in [0.05, 0.1) is 56.4 Å². The molecule has 9 atom stereocenters. The summed E-state index contributed by atoms with van der Waals surface area (Å²) < 4.78 is 15.4. The molecule has 0 radical (unpaired) electrons. The van der Waals surface area contributed by atoms with Crippen molar-refractivity contribution in [2.24, 2.45) is 66.8 Å². The molecule has 26 N–H and O–H groups in total. The van der Waals surface area contributed by atoms with Crippen LogP contribution in [0, 0.1) is 16.0 Å². The van der Waals surface area contributed by atoms with E-state index in [1.807, 2.05) is 0 Å². The van der Waals surface area contributed by atoms with Crippen LogP contribution in [0.3, 0.4) is 0 Å². The minimum Gasteiger partial charge on any atom is -0.493 e. The number of ether oxygens (including phenoxy) is 3. The van der Waals surface area contributed by atoms with Gasteiger partial charge in [0, 0.05) is 19.6 Å². The van der Waals surface area contributed by atoms with E-state index in [4.69, 9.17) is 60.1 Å². The fourth-order valence-corrected chi connectivity index (χ4v) is 7.61. The zero-order valence-electron chi connectivity index (χ0n) is 49.1. The van der Waals surface area contributed by atoms with Gasteiger partial charge in [-0.25, -0.2) is 4.79 Å². The van der Waals surface area contributed by atoms with Gasteiger partial charge in [0.15, 0.2) is 29.4 Å². The van der Waals surface area contributed by atoms with Crippen molar-refractivity contribution < 1.29 is 77.0 Å². The van der Waals surface area contributed by atoms with Crippen LogP contribution in [0.4, 0.5) is 10.5 Å². The molecule has 1 aromatic rings. The number of rotatable bonds is 39. The first-order valence-electron chi connectivity index (χ1n) is 27.0. The molecule has 486 valence electrons. The summed E-state index contributed by atoms with van der Waals surface area (Å²) in [7, 11) is 2.55. The van der Waals surface area contributed by atoms with Crippen molar-refractivity contribution in [2.45, 2.75) is 134 Å². The average Bonchev–Trinajstić information content (AvgIpc) is 2.24. The summed E-state index contributed by atoms with van der Waals surface area (Å²) in [4.78, 5) is 167. The molecular weight excluding hydrogens is 1150 g/mol. The molecule has 0 aliphatic heterocycles. The SMILES string of the molecule is CC[C@H](C)[C@H](NC(=O)[C@H](C)NC(=O)[C@H](CC(N)=O)NC(=O)[C@H](CCCN=C(N)N)NC(=O)[C@H](CCCN=C(N)NC(=O)OCc1cc(OC)c(OC)cc1[N+](=O)[O-])NC(=O)CNC(=O)[C@@H](NC(=O)[C@H](CCCN=C(N)N)NC(=O)CN)[C@@H](C)O)C(N)=O. The first kappa shape index (κ1) is 75.1. The molecule has 0 aliphatic carbocycles. The summed E-state index contributed by atoms with van der Waals surface area (Å²) in [6.07, 6.45) is -3.85. The van der Waals surface area contributed by atoms with E-state index in [9.17, 15) is 68.0 Å². The standard InChI is InChI=1S/C49H83N21O17/c1-7-23(2)37(39(52)75)67-40(76)24(3)62-44(80)30(18-34(51)72)66-42(78)29(13-9-15-59-47(55)56)65-41(77)27(12-10-16-60-48(57)69-49(82)87-22-26-17-32(85-5)33(86-6)19-31(26)70(83)84)64-36(74)21-61-45(81)38(25(4)71)68-43(79)28(63-35(73)20-50)11-8-14-58-46(53)54/h17,19,23-25,27-30,37-38,71H,7-16,18,20-22,50H2,1-6H3,(H2,51,72)(H2,52,75)(H,61,81)(H,62,80)(H,63,73)(H,64,74)(H,65,77)(H,66,78)(H,67,76)(H,68,79)(H4,53,54,58)(H4,55,56,59)(H3,57,60,69,82)/t23-,24-,25+,27-,28-,29-,30-,37-,38-/m0/s1. The van der Waals surface area contributed by atoms with E-state index >= 15 is 0 Å². The number of amides is 11. The van der Waals surface area contributed by atoms with Crippen molar-refractivity contribution >= 4 is 88.7 Å². The van der Waals surface area contributed by atoms with E-state index < -0.39 is 162 Å². The summed E-state index contributed by atoms with van der Waals surface area (Å²) >= 11 is 0. The Morgan fingerprint density at radius 2 is 1.09 bits per heavy atom. The van der Waals surface area contributed by atoms with Gasteiger partial charge in [0.1, 0.15) is 48.9 Å². The molecule has 11 amide bonds. The maximum absolute atomic E-state index is 14.3. The molecule has 38 heteroatoms. The Hall–Kier alpha value is -9.88. The number of methoxy groups -OCH3 is 2. The number of nitrogens with one attached hydrogen (secondary N) is 9. The lowest BCUT2D eigenvalue weighted by Crippen LogP contribution is -2.60. The predicted molar refractivity (Wildman–Crippen MR) is 310 cm³/mol. The highest BCUT2D eigenvalue weighted by Gasteiger charge is 2.34. The Morgan fingerprint density at radius 1 is 0.621 bits per heavy atom. The Labute approximate surface area is 499 Å². The summed E-state index contributed by atoms with van der Waals surface area (Å²) in [6, 6.07) is -8.24. The van der Waals surface area contributed by atoms with Crippen molar-refractivity contribution in [1.29, 1.82) is 0 Å². The summed E-state index contributed by atoms with van der Waals surface area (Å²) in [5.41, 5.74) is 43.3. The fourth-order valence-electron chi connectivity index (χ4n) is 7.61. The molecule has 1 aromatic carbocycles. The molecule has 0 saturated heterocycles. The smallest absolute Gasteiger partial charge is 0.414 e. The van der Waals surface area contributed by atoms with Crippen LogP contribution in [0.1, 0.15) is 84.6 Å². The molecule has 0 fully saturated rings. The number of guanidine groups is 3. The number of hydrogen-bond donors (Lipinski definition) is 18. The van der Waals surface area contributed by atoms with Gasteiger partial charge in [-0.1, -0.05) is 20.3 Å². The maximum atomic E-state index is 14.3. The number of nitrogens with zero attached hydrogens (tertiary/aromatic N) is 4. The molecule has 87 heavy (non-hydrogen) atoms. The molecule has 0 aromatic heterocycles. The Balaban J connectivity index is 3.58. The van der Waals surface area contributed by atoms with Crippen molar-refractivity contribution in [1.82, 2.24) is 47.9 Å². The van der Waals surface area contributed by atoms with E-state index in [1.54, 1.807) is 13.8 Å². The highest BCUT2D eigenvalue weighted by Crippen LogP contribution is 2.34. The van der Waals surface area contributed by atoms with Gasteiger partial charge >= 0.3 is 6.09 Å². The Morgan fingerprint density at radius 3 is 1.56 bits per heavy atom. The van der Waals surface area contributed by atoms with Crippen LogP contribution < -0.4 is 103 Å². The third-order valence-electron chi connectivity index (χ3n) is 12.4. The lowest BCUT2D eigenvalue weighted by Gasteiger charge is -2.26. The largest absolute Gasteiger partial charge is 0.493 e. The molecule has 1 rings (SSSR count). The van der Waals surface area contributed by atoms with Crippen LogP contribution in [0.2, 0.25) is 0 Å². The molecule has 0 unspecified atom stereocenters. The van der Waals surface area contributed by atoms with E-state index in [0.717, 1.165) is 13.0 Å². The van der Waals surface area contributed by atoms with Crippen LogP contribution in [-0.2, 0) is 59.3 Å². The van der Waals surface area contributed by atoms with E-state index in [-0.39, 0.29) is 87.1 Å². The Bertz CT molecular complexity index is 2670. The third-order valence-corrected chi connectivity index (χ3v) is 12.4. The molecular formula is C49H83N21O17. The summed E-state index contributed by atoms with van der Waals surface area (Å²) in [6.45, 7) is 3.41. The highest BCUT2D eigenvalue weighted by molar-refractivity contribution is 5.99. The Kier molecular flexibility index (Phi) is 33.6. The second-order valence-electron chi connectivity index (χ2n) is 19.3. The fraction of sp³-hybridized carbons (Fsp3) is 0.592. The molecule has 38 nitrogen and oxygen atoms in total. The normalized spacial score (nSPS) is 14.0. The number of aliphatic hydroxyl groups is 1. The summed E-state index contributed by atoms with van der Waals surface area (Å²) in [5, 5.41) is 43.3. The topological polar surface area (TPSA) is 632 Å². The van der Waals surface area contributed by atoms with Crippen molar-refractivity contribution in [3.63, 3.8) is 0 Å². The summed E-state index contributed by atoms with van der Waals surface area (Å²) in [5.74, 6) is -11.3. The third kappa shape index (κ3) is 28.5. The average molecular weight is 1240 g/mol. The molecule has 0 bridgehead atoms. The van der Waals surface area contributed by atoms with Crippen LogP contribution >= 0.6 is 0 Å². The van der Waals surface area contributed by atoms with Gasteiger partial charge < -0.3 is 108 Å². The predicted octanol–water partition coefficient (Wildman–Crippen LogP) is -7.68. The number of nitrogens with two attached hydrogens (primary N) is 8. The number of carbonyl (C=O) groups is 11. The minimum atomic E-state index is -1.77. The zero-order chi connectivity index (χ0) is 66.1. The van der Waals surface area contributed by atoms with Gasteiger partial charge in [0.2, 0.25) is 59.1 Å². The lowest BCUT2D eigenvalue weighted by atomic mass is 9.98. The molecule has 0 saturated carbocycles. The van der Waals surface area contributed by atoms with E-state index in [2.05, 4.69) is 62.8 Å². The number of hydrogen-bond acceptors (Lipinski definition) is 21. The number of aliphatic hydroxyl groups excluding tert-OH is 1. The van der Waals surface area contributed by atoms with Crippen molar-refractivity contribution in [3.8, 4) is 11.5 Å².